The van der Waals surface area contributed by atoms with E-state index in [1.165, 1.54) is 16.9 Å². The first-order valence-corrected chi connectivity index (χ1v) is 7.48. The minimum atomic E-state index is -0.250. The van der Waals surface area contributed by atoms with E-state index in [0.29, 0.717) is 16.5 Å². The molecule has 0 fully saturated rings. The number of anilines is 1. The Kier molecular flexibility index (Phi) is 3.95. The van der Waals surface area contributed by atoms with Crippen molar-refractivity contribution >= 4 is 22.3 Å². The van der Waals surface area contributed by atoms with Gasteiger partial charge in [-0.3, -0.25) is 0 Å². The van der Waals surface area contributed by atoms with Gasteiger partial charge < -0.3 is 10.5 Å². The Balaban J connectivity index is 2.41. The van der Waals surface area contributed by atoms with Crippen molar-refractivity contribution in [2.75, 3.05) is 5.73 Å². The van der Waals surface area contributed by atoms with E-state index in [4.69, 9.17) is 10.5 Å². The van der Waals surface area contributed by atoms with Crippen molar-refractivity contribution in [3.63, 3.8) is 0 Å². The van der Waals surface area contributed by atoms with Gasteiger partial charge in [0.1, 0.15) is 5.00 Å². The number of hydrogen-bond donors (Lipinski definition) is 1. The molecule has 18 heavy (non-hydrogen) atoms. The van der Waals surface area contributed by atoms with Crippen LogP contribution in [0.2, 0.25) is 0 Å². The number of ether oxygens (including phenoxy) is 1. The SMILES string of the molecule is CCC1CCCc2sc(N)c(C(=O)OC(C)C)c21. The van der Waals surface area contributed by atoms with Gasteiger partial charge in [0, 0.05) is 4.88 Å². The van der Waals surface area contributed by atoms with Crippen molar-refractivity contribution in [2.45, 2.75) is 58.5 Å². The lowest BCUT2D eigenvalue weighted by Gasteiger charge is -2.22. The molecule has 2 N–H and O–H groups in total. The summed E-state index contributed by atoms with van der Waals surface area (Å²) < 4.78 is 5.32. The van der Waals surface area contributed by atoms with Crippen LogP contribution in [0.1, 0.15) is 66.8 Å². The molecule has 1 atom stereocenters. The molecule has 0 amide bonds. The van der Waals surface area contributed by atoms with Gasteiger partial charge in [0.05, 0.1) is 11.7 Å². The molecule has 1 aromatic rings. The minimum absolute atomic E-state index is 0.101. The van der Waals surface area contributed by atoms with E-state index in [9.17, 15) is 4.79 Å². The van der Waals surface area contributed by atoms with Crippen LogP contribution in [0, 0.1) is 0 Å². The maximum absolute atomic E-state index is 12.2. The summed E-state index contributed by atoms with van der Waals surface area (Å²) in [6.45, 7) is 5.90. The highest BCUT2D eigenvalue weighted by atomic mass is 32.1. The van der Waals surface area contributed by atoms with Crippen LogP contribution in [-0.4, -0.2) is 12.1 Å². The molecule has 0 spiro atoms. The number of carbonyl (C=O) groups is 1. The van der Waals surface area contributed by atoms with E-state index < -0.39 is 0 Å². The summed E-state index contributed by atoms with van der Waals surface area (Å²) in [5.41, 5.74) is 7.86. The van der Waals surface area contributed by atoms with Crippen LogP contribution in [-0.2, 0) is 11.2 Å². The molecule has 0 saturated heterocycles. The molecule has 1 aliphatic rings. The normalized spacial score (nSPS) is 18.8. The molecule has 1 unspecified atom stereocenters. The second-order valence-electron chi connectivity index (χ2n) is 5.13. The van der Waals surface area contributed by atoms with E-state index in [0.717, 1.165) is 19.3 Å². The van der Waals surface area contributed by atoms with Crippen molar-refractivity contribution in [1.82, 2.24) is 0 Å². The summed E-state index contributed by atoms with van der Waals surface area (Å²) >= 11 is 1.57. The molecule has 0 aromatic carbocycles. The third-order valence-corrected chi connectivity index (χ3v) is 4.55. The number of thiophene rings is 1. The standard InChI is InChI=1S/C14H21NO2S/c1-4-9-6-5-7-10-11(9)12(13(15)18-10)14(16)17-8(2)3/h8-9H,4-7,15H2,1-3H3. The van der Waals surface area contributed by atoms with Gasteiger partial charge in [0.2, 0.25) is 0 Å². The fourth-order valence-corrected chi connectivity index (χ4v) is 3.86. The van der Waals surface area contributed by atoms with E-state index in [2.05, 4.69) is 6.92 Å². The largest absolute Gasteiger partial charge is 0.459 e. The maximum Gasteiger partial charge on any atom is 0.341 e. The second-order valence-corrected chi connectivity index (χ2v) is 6.27. The second kappa shape index (κ2) is 5.31. The van der Waals surface area contributed by atoms with E-state index in [1.54, 1.807) is 11.3 Å². The van der Waals surface area contributed by atoms with Gasteiger partial charge >= 0.3 is 5.97 Å². The predicted octanol–water partition coefficient (Wildman–Crippen LogP) is 3.73. The summed E-state index contributed by atoms with van der Waals surface area (Å²) in [6.07, 6.45) is 4.36. The first-order chi connectivity index (χ1) is 8.54. The van der Waals surface area contributed by atoms with Crippen molar-refractivity contribution in [3.8, 4) is 0 Å². The fraction of sp³-hybridized carbons (Fsp3) is 0.643. The van der Waals surface area contributed by atoms with Gasteiger partial charge in [-0.15, -0.1) is 11.3 Å². The van der Waals surface area contributed by atoms with Crippen LogP contribution in [0.25, 0.3) is 0 Å². The van der Waals surface area contributed by atoms with Crippen molar-refractivity contribution in [1.29, 1.82) is 0 Å². The molecule has 2 rings (SSSR count). The smallest absolute Gasteiger partial charge is 0.341 e. The highest BCUT2D eigenvalue weighted by Gasteiger charge is 2.30. The molecular weight excluding hydrogens is 246 g/mol. The third-order valence-electron chi connectivity index (χ3n) is 3.45. The Hall–Kier alpha value is -1.03. The molecule has 0 saturated carbocycles. The molecule has 1 aromatic heterocycles. The quantitative estimate of drug-likeness (QED) is 0.849. The first kappa shape index (κ1) is 13.4. The van der Waals surface area contributed by atoms with Crippen LogP contribution >= 0.6 is 11.3 Å². The number of nitrogen functional groups attached to an aromatic ring is 1. The molecule has 0 aliphatic heterocycles. The minimum Gasteiger partial charge on any atom is -0.459 e. The number of nitrogens with two attached hydrogens (primary N) is 1. The van der Waals surface area contributed by atoms with Crippen LogP contribution in [0.4, 0.5) is 5.00 Å². The highest BCUT2D eigenvalue weighted by Crippen LogP contribution is 2.43. The van der Waals surface area contributed by atoms with Crippen LogP contribution in [0.5, 0.6) is 0 Å². The average Bonchev–Trinajstić information content (AvgIpc) is 2.63. The van der Waals surface area contributed by atoms with Crippen molar-refractivity contribution < 1.29 is 9.53 Å². The summed E-state index contributed by atoms with van der Waals surface area (Å²) in [5, 5.41) is 0.631. The molecule has 3 nitrogen and oxygen atoms in total. The van der Waals surface area contributed by atoms with Gasteiger partial charge in [0.15, 0.2) is 0 Å². The number of rotatable bonds is 3. The average molecular weight is 267 g/mol. The Morgan fingerprint density at radius 2 is 2.28 bits per heavy atom. The monoisotopic (exact) mass is 267 g/mol. The van der Waals surface area contributed by atoms with Crippen molar-refractivity contribution in [2.24, 2.45) is 0 Å². The van der Waals surface area contributed by atoms with Crippen molar-refractivity contribution in [3.05, 3.63) is 16.0 Å². The molecular formula is C14H21NO2S. The molecule has 100 valence electrons. The van der Waals surface area contributed by atoms with E-state index >= 15 is 0 Å². The number of fused-ring (bicyclic) bond motifs is 1. The maximum atomic E-state index is 12.2. The zero-order valence-corrected chi connectivity index (χ0v) is 12.1. The number of aryl methyl sites for hydroxylation is 1. The molecule has 0 radical (unpaired) electrons. The summed E-state index contributed by atoms with van der Waals surface area (Å²) in [5.74, 6) is 0.220. The summed E-state index contributed by atoms with van der Waals surface area (Å²) in [6, 6.07) is 0. The van der Waals surface area contributed by atoms with E-state index in [1.807, 2.05) is 13.8 Å². The lowest BCUT2D eigenvalue weighted by Crippen LogP contribution is -2.17. The Morgan fingerprint density at radius 3 is 2.89 bits per heavy atom. The van der Waals surface area contributed by atoms with Gasteiger partial charge in [-0.1, -0.05) is 6.92 Å². The molecule has 4 heteroatoms. The molecule has 1 aliphatic carbocycles. The van der Waals surface area contributed by atoms with Crippen LogP contribution < -0.4 is 5.73 Å². The lowest BCUT2D eigenvalue weighted by molar-refractivity contribution is 0.0377. The topological polar surface area (TPSA) is 52.3 Å². The molecule has 0 bridgehead atoms. The third kappa shape index (κ3) is 2.39. The number of hydrogen-bond acceptors (Lipinski definition) is 4. The Morgan fingerprint density at radius 1 is 1.56 bits per heavy atom. The van der Waals surface area contributed by atoms with Gasteiger partial charge in [-0.25, -0.2) is 4.79 Å². The lowest BCUT2D eigenvalue weighted by atomic mass is 9.83. The molecule has 1 heterocycles. The van der Waals surface area contributed by atoms with Crippen LogP contribution in [0.15, 0.2) is 0 Å². The first-order valence-electron chi connectivity index (χ1n) is 6.66. The summed E-state index contributed by atoms with van der Waals surface area (Å²) in [7, 11) is 0. The van der Waals surface area contributed by atoms with Gasteiger partial charge in [0.25, 0.3) is 0 Å². The van der Waals surface area contributed by atoms with Gasteiger partial charge in [-0.2, -0.15) is 0 Å². The highest BCUT2D eigenvalue weighted by molar-refractivity contribution is 7.16. The number of esters is 1. The summed E-state index contributed by atoms with van der Waals surface area (Å²) in [4.78, 5) is 13.5. The van der Waals surface area contributed by atoms with E-state index in [-0.39, 0.29) is 12.1 Å². The van der Waals surface area contributed by atoms with Gasteiger partial charge in [-0.05, 0) is 51.0 Å². The van der Waals surface area contributed by atoms with Crippen LogP contribution in [0.3, 0.4) is 0 Å². The fourth-order valence-electron chi connectivity index (χ4n) is 2.67. The Labute approximate surface area is 112 Å². The zero-order valence-electron chi connectivity index (χ0n) is 11.3. The number of carbonyl (C=O) groups excluding carboxylic acids is 1. The zero-order chi connectivity index (χ0) is 13.3. The Bertz CT molecular complexity index is 451. The predicted molar refractivity (Wildman–Crippen MR) is 75.3 cm³/mol.